The van der Waals surface area contributed by atoms with Crippen LogP contribution < -0.4 is 0 Å². The first kappa shape index (κ1) is 14.6. The van der Waals surface area contributed by atoms with Crippen molar-refractivity contribution >= 4 is 5.91 Å². The van der Waals surface area contributed by atoms with Gasteiger partial charge in [-0.3, -0.25) is 4.79 Å². The molecule has 1 amide bonds. The number of hydrogen-bond donors (Lipinski definition) is 0. The molecule has 0 spiro atoms. The van der Waals surface area contributed by atoms with Crippen molar-refractivity contribution < 1.29 is 18.0 Å². The van der Waals surface area contributed by atoms with Gasteiger partial charge in [0.1, 0.15) is 11.9 Å². The molecule has 116 valence electrons. The van der Waals surface area contributed by atoms with Crippen LogP contribution in [0.3, 0.4) is 0 Å². The molecule has 5 nitrogen and oxygen atoms in total. The first-order chi connectivity index (χ1) is 10.3. The van der Waals surface area contributed by atoms with Crippen LogP contribution in [0.5, 0.6) is 0 Å². The second-order valence-electron chi connectivity index (χ2n) is 5.24. The largest absolute Gasteiger partial charge is 0.411 e. The summed E-state index contributed by atoms with van der Waals surface area (Å²) in [7, 11) is 1.14. The lowest BCUT2D eigenvalue weighted by atomic mass is 10.2. The second-order valence-corrected chi connectivity index (χ2v) is 5.24. The summed E-state index contributed by atoms with van der Waals surface area (Å²) in [5.74, 6) is -1.08. The average Bonchev–Trinajstić information content (AvgIpc) is 3.18. The topological polar surface area (TPSA) is 51.0 Å². The predicted octanol–water partition coefficient (Wildman–Crippen LogP) is 2.43. The van der Waals surface area contributed by atoms with Gasteiger partial charge in [-0.25, -0.2) is 9.67 Å². The van der Waals surface area contributed by atoms with Gasteiger partial charge in [0.2, 0.25) is 5.82 Å². The normalized spacial score (nSPS) is 16.4. The molecule has 2 aromatic rings. The van der Waals surface area contributed by atoms with Crippen molar-refractivity contribution in [2.75, 3.05) is 7.05 Å². The Bertz CT molecular complexity index is 692. The minimum Gasteiger partial charge on any atom is -0.324 e. The maximum Gasteiger partial charge on any atom is 0.411 e. The molecule has 8 heteroatoms. The molecule has 1 aliphatic carbocycles. The summed E-state index contributed by atoms with van der Waals surface area (Å²) < 4.78 is 40.5. The fourth-order valence-electron chi connectivity index (χ4n) is 2.34. The number of alkyl halides is 3. The van der Waals surface area contributed by atoms with Crippen LogP contribution in [-0.4, -0.2) is 44.3 Å². The van der Waals surface area contributed by atoms with Gasteiger partial charge in [0, 0.05) is 7.05 Å². The van der Waals surface area contributed by atoms with Crippen LogP contribution in [0.25, 0.3) is 5.69 Å². The molecule has 0 saturated heterocycles. The highest BCUT2D eigenvalue weighted by Gasteiger charge is 2.67. The minimum atomic E-state index is -4.45. The second kappa shape index (κ2) is 4.82. The minimum absolute atomic E-state index is 0.0852. The lowest BCUT2D eigenvalue weighted by Gasteiger charge is -2.29. The molecule has 1 aliphatic rings. The average molecular weight is 310 g/mol. The molecule has 1 heterocycles. The van der Waals surface area contributed by atoms with Gasteiger partial charge >= 0.3 is 6.18 Å². The molecule has 3 rings (SSSR count). The fourth-order valence-corrected chi connectivity index (χ4v) is 2.34. The van der Waals surface area contributed by atoms with Crippen molar-refractivity contribution in [3.8, 4) is 5.69 Å². The number of hydrogen-bond acceptors (Lipinski definition) is 3. The maximum absolute atomic E-state index is 13.1. The van der Waals surface area contributed by atoms with E-state index in [9.17, 15) is 18.0 Å². The highest BCUT2D eigenvalue weighted by molar-refractivity contribution is 5.91. The van der Waals surface area contributed by atoms with Gasteiger partial charge in [-0.05, 0) is 25.0 Å². The SMILES string of the molecule is CN(C(=O)c1ncn(-c2ccccc2)n1)C1(C(F)(F)F)CC1. The van der Waals surface area contributed by atoms with Crippen molar-refractivity contribution in [2.24, 2.45) is 0 Å². The van der Waals surface area contributed by atoms with Crippen LogP contribution in [0.4, 0.5) is 13.2 Å². The third-order valence-electron chi connectivity index (χ3n) is 3.90. The van der Waals surface area contributed by atoms with E-state index in [1.54, 1.807) is 24.3 Å². The third-order valence-corrected chi connectivity index (χ3v) is 3.90. The highest BCUT2D eigenvalue weighted by atomic mass is 19.4. The van der Waals surface area contributed by atoms with E-state index >= 15 is 0 Å². The number of halogens is 3. The summed E-state index contributed by atoms with van der Waals surface area (Å²) in [4.78, 5) is 16.7. The lowest BCUT2D eigenvalue weighted by Crippen LogP contribution is -2.49. The van der Waals surface area contributed by atoms with E-state index in [-0.39, 0.29) is 18.7 Å². The molecular formula is C14H13F3N4O. The molecule has 22 heavy (non-hydrogen) atoms. The molecule has 1 aromatic heterocycles. The number of amides is 1. The molecule has 0 unspecified atom stereocenters. The van der Waals surface area contributed by atoms with Crippen LogP contribution in [0, 0.1) is 0 Å². The number of aromatic nitrogens is 3. The van der Waals surface area contributed by atoms with Gasteiger partial charge in [-0.15, -0.1) is 5.10 Å². The summed E-state index contributed by atoms with van der Waals surface area (Å²) in [6.07, 6.45) is -3.31. The van der Waals surface area contributed by atoms with E-state index < -0.39 is 17.6 Å². The smallest absolute Gasteiger partial charge is 0.324 e. The molecule has 1 aromatic carbocycles. The van der Waals surface area contributed by atoms with Crippen LogP contribution >= 0.6 is 0 Å². The standard InChI is InChI=1S/C14H13F3N4O/c1-20(13(7-8-13)14(15,16)17)12(22)11-18-9-21(19-11)10-5-3-2-4-6-10/h2-6,9H,7-8H2,1H3. The van der Waals surface area contributed by atoms with E-state index in [0.717, 1.165) is 7.05 Å². The zero-order valence-corrected chi connectivity index (χ0v) is 11.7. The molecule has 0 radical (unpaired) electrons. The van der Waals surface area contributed by atoms with Gasteiger partial charge in [0.15, 0.2) is 0 Å². The number of carbonyl (C=O) groups is 1. The highest BCUT2D eigenvalue weighted by Crippen LogP contribution is 2.53. The Kier molecular flexibility index (Phi) is 3.19. The Morgan fingerprint density at radius 3 is 2.45 bits per heavy atom. The predicted molar refractivity (Wildman–Crippen MR) is 71.5 cm³/mol. The Labute approximate surface area is 124 Å². The number of benzene rings is 1. The first-order valence-electron chi connectivity index (χ1n) is 6.67. The van der Waals surface area contributed by atoms with Crippen LogP contribution in [0.1, 0.15) is 23.5 Å². The third kappa shape index (κ3) is 2.24. The Hall–Kier alpha value is -2.38. The zero-order chi connectivity index (χ0) is 16.0. The molecular weight excluding hydrogens is 297 g/mol. The van der Waals surface area contributed by atoms with Crippen molar-refractivity contribution in [3.63, 3.8) is 0 Å². The van der Waals surface area contributed by atoms with Gasteiger partial charge in [0.05, 0.1) is 5.69 Å². The summed E-state index contributed by atoms with van der Waals surface area (Å²) in [6.45, 7) is 0. The van der Waals surface area contributed by atoms with Gasteiger partial charge < -0.3 is 4.90 Å². The van der Waals surface area contributed by atoms with E-state index in [0.29, 0.717) is 10.6 Å². The molecule has 1 saturated carbocycles. The van der Waals surface area contributed by atoms with Gasteiger partial charge in [-0.1, -0.05) is 18.2 Å². The number of rotatable bonds is 3. The molecule has 0 bridgehead atoms. The first-order valence-corrected chi connectivity index (χ1v) is 6.67. The fraction of sp³-hybridized carbons (Fsp3) is 0.357. The Morgan fingerprint density at radius 1 is 1.27 bits per heavy atom. The van der Waals surface area contributed by atoms with Crippen molar-refractivity contribution in [1.29, 1.82) is 0 Å². The molecule has 1 fully saturated rings. The maximum atomic E-state index is 13.1. The van der Waals surface area contributed by atoms with E-state index in [1.165, 1.54) is 11.0 Å². The van der Waals surface area contributed by atoms with Crippen LogP contribution in [0.15, 0.2) is 36.7 Å². The van der Waals surface area contributed by atoms with Gasteiger partial charge in [0.25, 0.3) is 5.91 Å². The molecule has 0 atom stereocenters. The Balaban J connectivity index is 1.84. The monoisotopic (exact) mass is 310 g/mol. The lowest BCUT2D eigenvalue weighted by molar-refractivity contribution is -0.185. The van der Waals surface area contributed by atoms with E-state index in [2.05, 4.69) is 10.1 Å². The number of carbonyl (C=O) groups excluding carboxylic acids is 1. The van der Waals surface area contributed by atoms with Crippen LogP contribution in [-0.2, 0) is 0 Å². The van der Waals surface area contributed by atoms with Crippen molar-refractivity contribution in [2.45, 2.75) is 24.6 Å². The van der Waals surface area contributed by atoms with Crippen LogP contribution in [0.2, 0.25) is 0 Å². The summed E-state index contributed by atoms with van der Waals surface area (Å²) in [5, 5.41) is 3.97. The summed E-state index contributed by atoms with van der Waals surface area (Å²) in [6, 6.07) is 8.90. The summed E-state index contributed by atoms with van der Waals surface area (Å²) >= 11 is 0. The zero-order valence-electron chi connectivity index (χ0n) is 11.7. The summed E-state index contributed by atoms with van der Waals surface area (Å²) in [5.41, 5.74) is -1.39. The Morgan fingerprint density at radius 2 is 1.91 bits per heavy atom. The van der Waals surface area contributed by atoms with E-state index in [1.807, 2.05) is 6.07 Å². The van der Waals surface area contributed by atoms with Gasteiger partial charge in [-0.2, -0.15) is 13.2 Å². The van der Waals surface area contributed by atoms with E-state index in [4.69, 9.17) is 0 Å². The van der Waals surface area contributed by atoms with Crippen molar-refractivity contribution in [1.82, 2.24) is 19.7 Å². The van der Waals surface area contributed by atoms with Crippen molar-refractivity contribution in [3.05, 3.63) is 42.5 Å². The number of nitrogens with zero attached hydrogens (tertiary/aromatic N) is 4. The molecule has 0 N–H and O–H groups in total. The number of para-hydroxylation sites is 1. The molecule has 0 aliphatic heterocycles. The quantitative estimate of drug-likeness (QED) is 0.875.